The van der Waals surface area contributed by atoms with Gasteiger partial charge in [0.2, 0.25) is 5.91 Å². The molecule has 0 saturated carbocycles. The molecular formula is C18H21NO4S. The first kappa shape index (κ1) is 16.9. The summed E-state index contributed by atoms with van der Waals surface area (Å²) in [5.74, 6) is -0.447. The molecule has 2 aromatic rings. The summed E-state index contributed by atoms with van der Waals surface area (Å²) < 4.78 is 30.3. The van der Waals surface area contributed by atoms with E-state index in [1.807, 2.05) is 24.3 Å². The lowest BCUT2D eigenvalue weighted by Crippen LogP contribution is -2.32. The number of fused-ring (bicyclic) bond motifs is 1. The molecule has 1 amide bonds. The summed E-state index contributed by atoms with van der Waals surface area (Å²) in [4.78, 5) is 12.1. The van der Waals surface area contributed by atoms with Crippen LogP contribution in [0, 0.1) is 0 Å². The summed E-state index contributed by atoms with van der Waals surface area (Å²) in [5, 5.41) is 4.62. The summed E-state index contributed by atoms with van der Waals surface area (Å²) in [6.45, 7) is 1.19. The van der Waals surface area contributed by atoms with Gasteiger partial charge in [0.25, 0.3) is 0 Å². The summed E-state index contributed by atoms with van der Waals surface area (Å²) in [6, 6.07) is 12.6. The Morgan fingerprint density at radius 2 is 1.96 bits per heavy atom. The zero-order valence-corrected chi connectivity index (χ0v) is 14.2. The lowest BCUT2D eigenvalue weighted by atomic mass is 10.1. The molecule has 1 saturated heterocycles. The van der Waals surface area contributed by atoms with Gasteiger partial charge in [0.1, 0.15) is 0 Å². The molecule has 1 aliphatic rings. The van der Waals surface area contributed by atoms with Crippen molar-refractivity contribution in [2.24, 2.45) is 0 Å². The molecule has 128 valence electrons. The third-order valence-corrected chi connectivity index (χ3v) is 5.94. The van der Waals surface area contributed by atoms with E-state index in [1.165, 1.54) is 0 Å². The fourth-order valence-electron chi connectivity index (χ4n) is 2.83. The zero-order valence-electron chi connectivity index (χ0n) is 13.4. The van der Waals surface area contributed by atoms with Crippen LogP contribution in [0.4, 0.5) is 0 Å². The summed E-state index contributed by atoms with van der Waals surface area (Å²) in [5.41, 5.74) is 0. The number of carbonyl (C=O) groups is 1. The molecule has 1 aliphatic heterocycles. The molecule has 0 aromatic heterocycles. The third kappa shape index (κ3) is 4.13. The second-order valence-corrected chi connectivity index (χ2v) is 8.13. The number of ether oxygens (including phenoxy) is 1. The van der Waals surface area contributed by atoms with Crippen molar-refractivity contribution in [3.63, 3.8) is 0 Å². The second-order valence-electron chi connectivity index (χ2n) is 6.02. The Bertz CT molecular complexity index is 826. The average Bonchev–Trinajstić information content (AvgIpc) is 3.11. The molecule has 24 heavy (non-hydrogen) atoms. The topological polar surface area (TPSA) is 72.5 Å². The van der Waals surface area contributed by atoms with Crippen LogP contribution in [0.3, 0.4) is 0 Å². The Morgan fingerprint density at radius 1 is 1.17 bits per heavy atom. The van der Waals surface area contributed by atoms with Crippen molar-refractivity contribution in [3.05, 3.63) is 42.5 Å². The van der Waals surface area contributed by atoms with E-state index in [2.05, 4.69) is 5.32 Å². The standard InChI is InChI=1S/C18H21NO4S/c20-18(19-13-16-6-3-10-23-16)9-11-24(21,22)17-8-7-14-4-1-2-5-15(14)12-17/h1-2,4-5,7-8,12,16H,3,6,9-11,13H2,(H,19,20)/t16-/m0/s1. The Kier molecular flexibility index (Phi) is 5.16. The number of amides is 1. The molecular weight excluding hydrogens is 326 g/mol. The molecule has 1 N–H and O–H groups in total. The number of nitrogens with one attached hydrogen (secondary N) is 1. The fourth-order valence-corrected chi connectivity index (χ4v) is 4.10. The van der Waals surface area contributed by atoms with Crippen molar-refractivity contribution < 1.29 is 17.9 Å². The molecule has 6 heteroatoms. The minimum atomic E-state index is -3.48. The van der Waals surface area contributed by atoms with Gasteiger partial charge in [0.05, 0.1) is 16.8 Å². The maximum absolute atomic E-state index is 12.4. The molecule has 1 atom stereocenters. The Morgan fingerprint density at radius 3 is 2.71 bits per heavy atom. The van der Waals surface area contributed by atoms with E-state index in [0.29, 0.717) is 6.54 Å². The van der Waals surface area contributed by atoms with Crippen LogP contribution in [0.1, 0.15) is 19.3 Å². The molecule has 3 rings (SSSR count). The van der Waals surface area contributed by atoms with E-state index < -0.39 is 9.84 Å². The smallest absolute Gasteiger partial charge is 0.221 e. The predicted octanol–water partition coefficient (Wildman–Crippen LogP) is 2.30. The first-order chi connectivity index (χ1) is 11.5. The second kappa shape index (κ2) is 7.32. The number of rotatable bonds is 6. The summed E-state index contributed by atoms with van der Waals surface area (Å²) in [7, 11) is -3.48. The quantitative estimate of drug-likeness (QED) is 0.870. The van der Waals surface area contributed by atoms with Crippen molar-refractivity contribution >= 4 is 26.5 Å². The first-order valence-electron chi connectivity index (χ1n) is 8.14. The predicted molar refractivity (Wildman–Crippen MR) is 92.6 cm³/mol. The molecule has 0 bridgehead atoms. The van der Waals surface area contributed by atoms with Crippen LogP contribution < -0.4 is 5.32 Å². The minimum Gasteiger partial charge on any atom is -0.376 e. The van der Waals surface area contributed by atoms with Gasteiger partial charge < -0.3 is 10.1 Å². The average molecular weight is 347 g/mol. The van der Waals surface area contributed by atoms with Gasteiger partial charge in [-0.25, -0.2) is 8.42 Å². The Hall–Kier alpha value is -1.92. The van der Waals surface area contributed by atoms with Crippen molar-refractivity contribution in [2.45, 2.75) is 30.3 Å². The summed E-state index contributed by atoms with van der Waals surface area (Å²) >= 11 is 0. The van der Waals surface area contributed by atoms with Gasteiger partial charge in [-0.15, -0.1) is 0 Å². The molecule has 0 spiro atoms. The van der Waals surface area contributed by atoms with Crippen molar-refractivity contribution in [2.75, 3.05) is 18.9 Å². The monoisotopic (exact) mass is 347 g/mol. The molecule has 1 fully saturated rings. The van der Waals surface area contributed by atoms with Crippen molar-refractivity contribution in [3.8, 4) is 0 Å². The number of sulfone groups is 1. The van der Waals surface area contributed by atoms with Crippen LogP contribution in [-0.2, 0) is 19.4 Å². The first-order valence-corrected chi connectivity index (χ1v) is 9.80. The van der Waals surface area contributed by atoms with E-state index in [-0.39, 0.29) is 29.1 Å². The fraction of sp³-hybridized carbons (Fsp3) is 0.389. The Labute approximate surface area is 141 Å². The van der Waals surface area contributed by atoms with Gasteiger partial charge in [-0.3, -0.25) is 4.79 Å². The number of hydrogen-bond acceptors (Lipinski definition) is 4. The van der Waals surface area contributed by atoms with Crippen LogP contribution in [0.5, 0.6) is 0 Å². The van der Waals surface area contributed by atoms with E-state index in [4.69, 9.17) is 4.74 Å². The third-order valence-electron chi connectivity index (χ3n) is 4.23. The molecule has 2 aromatic carbocycles. The van der Waals surface area contributed by atoms with Crippen LogP contribution in [-0.4, -0.2) is 39.3 Å². The zero-order chi connectivity index (χ0) is 17.0. The lowest BCUT2D eigenvalue weighted by Gasteiger charge is -2.11. The molecule has 5 nitrogen and oxygen atoms in total. The van der Waals surface area contributed by atoms with Gasteiger partial charge >= 0.3 is 0 Å². The van der Waals surface area contributed by atoms with Crippen LogP contribution in [0.2, 0.25) is 0 Å². The van der Waals surface area contributed by atoms with Crippen molar-refractivity contribution in [1.29, 1.82) is 0 Å². The van der Waals surface area contributed by atoms with Gasteiger partial charge in [-0.2, -0.15) is 0 Å². The minimum absolute atomic E-state index is 0.0398. The molecule has 0 unspecified atom stereocenters. The largest absolute Gasteiger partial charge is 0.376 e. The van der Waals surface area contributed by atoms with Gasteiger partial charge in [-0.05, 0) is 35.7 Å². The van der Waals surface area contributed by atoms with Crippen LogP contribution in [0.25, 0.3) is 10.8 Å². The van der Waals surface area contributed by atoms with E-state index in [1.54, 1.807) is 18.2 Å². The molecule has 0 radical (unpaired) electrons. The number of carbonyl (C=O) groups excluding carboxylic acids is 1. The van der Waals surface area contributed by atoms with Gasteiger partial charge in [0, 0.05) is 19.6 Å². The van der Waals surface area contributed by atoms with Gasteiger partial charge in [-0.1, -0.05) is 30.3 Å². The van der Waals surface area contributed by atoms with Crippen LogP contribution in [0.15, 0.2) is 47.4 Å². The Balaban J connectivity index is 1.59. The number of benzene rings is 2. The van der Waals surface area contributed by atoms with E-state index >= 15 is 0 Å². The van der Waals surface area contributed by atoms with Crippen molar-refractivity contribution in [1.82, 2.24) is 5.32 Å². The maximum atomic E-state index is 12.4. The number of hydrogen-bond donors (Lipinski definition) is 1. The van der Waals surface area contributed by atoms with E-state index in [9.17, 15) is 13.2 Å². The lowest BCUT2D eigenvalue weighted by molar-refractivity contribution is -0.121. The highest BCUT2D eigenvalue weighted by Crippen LogP contribution is 2.20. The highest BCUT2D eigenvalue weighted by Gasteiger charge is 2.19. The highest BCUT2D eigenvalue weighted by molar-refractivity contribution is 7.91. The SMILES string of the molecule is O=C(CCS(=O)(=O)c1ccc2ccccc2c1)NC[C@@H]1CCCO1. The van der Waals surface area contributed by atoms with Crippen LogP contribution >= 0.6 is 0 Å². The highest BCUT2D eigenvalue weighted by atomic mass is 32.2. The maximum Gasteiger partial charge on any atom is 0.221 e. The van der Waals surface area contributed by atoms with E-state index in [0.717, 1.165) is 30.2 Å². The summed E-state index contributed by atoms with van der Waals surface area (Å²) in [6.07, 6.45) is 1.97. The normalized spacial score (nSPS) is 17.9. The van der Waals surface area contributed by atoms with Gasteiger partial charge in [0.15, 0.2) is 9.84 Å². The molecule has 1 heterocycles. The molecule has 0 aliphatic carbocycles.